The molecule has 0 N–H and O–H groups in total. The van der Waals surface area contributed by atoms with Crippen LogP contribution in [-0.2, 0) is 19.1 Å². The van der Waals surface area contributed by atoms with Gasteiger partial charge in [-0.3, -0.25) is 4.79 Å². The molecule has 4 aliphatic carbocycles. The molecule has 4 saturated carbocycles. The minimum absolute atomic E-state index is 0.124. The summed E-state index contributed by atoms with van der Waals surface area (Å²) in [6, 6.07) is 0. The second-order valence-electron chi connectivity index (χ2n) is 6.54. The molecule has 2 unspecified atom stereocenters. The van der Waals surface area contributed by atoms with E-state index in [1.165, 1.54) is 13.2 Å². The Labute approximate surface area is 113 Å². The fraction of sp³-hybridized carbons (Fsp3) is 0.733. The lowest BCUT2D eigenvalue weighted by atomic mass is 9.48. The molecule has 4 heteroatoms. The van der Waals surface area contributed by atoms with E-state index in [1.54, 1.807) is 0 Å². The Bertz CT molecular complexity index is 425. The lowest BCUT2D eigenvalue weighted by Crippen LogP contribution is -2.59. The summed E-state index contributed by atoms with van der Waals surface area (Å²) in [7, 11) is 1.45. The van der Waals surface area contributed by atoms with E-state index in [0.717, 1.165) is 32.1 Å². The summed E-state index contributed by atoms with van der Waals surface area (Å²) < 4.78 is 10.7. The topological polar surface area (TPSA) is 52.6 Å². The Kier molecular flexibility index (Phi) is 2.73. The Hall–Kier alpha value is -1.32. The highest BCUT2D eigenvalue weighted by molar-refractivity contribution is 5.82. The molecule has 4 rings (SSSR count). The molecule has 0 saturated heterocycles. The third-order valence-electron chi connectivity index (χ3n) is 5.11. The molecule has 0 spiro atoms. The van der Waals surface area contributed by atoms with E-state index in [4.69, 9.17) is 9.47 Å². The van der Waals surface area contributed by atoms with E-state index in [1.807, 2.05) is 0 Å². The number of carbonyl (C=O) groups excluding carboxylic acids is 2. The van der Waals surface area contributed by atoms with Gasteiger partial charge in [0.1, 0.15) is 5.60 Å². The van der Waals surface area contributed by atoms with Gasteiger partial charge in [0.05, 0.1) is 12.5 Å². The normalized spacial score (nSPS) is 42.8. The molecule has 0 radical (unpaired) electrons. The first kappa shape index (κ1) is 12.7. The molecule has 0 aromatic heterocycles. The zero-order chi connectivity index (χ0) is 13.7. The van der Waals surface area contributed by atoms with E-state index in [-0.39, 0.29) is 11.9 Å². The van der Waals surface area contributed by atoms with E-state index in [9.17, 15) is 9.59 Å². The van der Waals surface area contributed by atoms with Crippen LogP contribution in [0.3, 0.4) is 0 Å². The summed E-state index contributed by atoms with van der Waals surface area (Å²) in [5, 5.41) is 0. The number of methoxy groups -OCH3 is 1. The summed E-state index contributed by atoms with van der Waals surface area (Å²) in [6.07, 6.45) is 6.56. The van der Waals surface area contributed by atoms with Crippen LogP contribution in [0.4, 0.5) is 0 Å². The van der Waals surface area contributed by atoms with Crippen LogP contribution in [-0.4, -0.2) is 24.6 Å². The number of hydrogen-bond acceptors (Lipinski definition) is 4. The van der Waals surface area contributed by atoms with Gasteiger partial charge in [-0.05, 0) is 43.9 Å². The predicted molar refractivity (Wildman–Crippen MR) is 68.2 cm³/mol. The van der Waals surface area contributed by atoms with Crippen LogP contribution < -0.4 is 0 Å². The second kappa shape index (κ2) is 4.09. The summed E-state index contributed by atoms with van der Waals surface area (Å²) >= 11 is 0. The highest BCUT2D eigenvalue weighted by atomic mass is 16.6. The Morgan fingerprint density at radius 3 is 2.37 bits per heavy atom. The third-order valence-corrected chi connectivity index (χ3v) is 5.11. The van der Waals surface area contributed by atoms with Crippen LogP contribution in [0, 0.1) is 17.3 Å². The van der Waals surface area contributed by atoms with Gasteiger partial charge in [0, 0.05) is 12.5 Å². The number of rotatable bonds is 3. The maximum atomic E-state index is 12.2. The van der Waals surface area contributed by atoms with Gasteiger partial charge in [0.15, 0.2) is 0 Å². The van der Waals surface area contributed by atoms with Crippen molar-refractivity contribution in [2.45, 2.75) is 44.1 Å². The molecule has 0 aliphatic heterocycles. The molecule has 0 aromatic rings. The monoisotopic (exact) mass is 264 g/mol. The molecule has 0 heterocycles. The van der Waals surface area contributed by atoms with Crippen molar-refractivity contribution in [3.05, 3.63) is 12.7 Å². The first-order chi connectivity index (χ1) is 9.01. The van der Waals surface area contributed by atoms with Crippen molar-refractivity contribution >= 4 is 11.9 Å². The second-order valence-corrected chi connectivity index (χ2v) is 6.54. The molecule has 19 heavy (non-hydrogen) atoms. The zero-order valence-electron chi connectivity index (χ0n) is 11.3. The van der Waals surface area contributed by atoms with Crippen molar-refractivity contribution in [3.8, 4) is 0 Å². The fourth-order valence-electron chi connectivity index (χ4n) is 5.01. The average Bonchev–Trinajstić information content (AvgIpc) is 2.35. The van der Waals surface area contributed by atoms with E-state index >= 15 is 0 Å². The summed E-state index contributed by atoms with van der Waals surface area (Å²) in [5.41, 5.74) is -0.871. The fourth-order valence-corrected chi connectivity index (χ4v) is 5.01. The maximum absolute atomic E-state index is 12.2. The standard InChI is InChI=1S/C15H20O4/c1-3-12(16)19-15-7-10-4-11(8-15)6-14(5-10,9-15)13(17)18-2/h3,10-11H,1,4-9H2,2H3. The van der Waals surface area contributed by atoms with Gasteiger partial charge in [-0.2, -0.15) is 0 Å². The van der Waals surface area contributed by atoms with Gasteiger partial charge >= 0.3 is 11.9 Å². The van der Waals surface area contributed by atoms with Crippen molar-refractivity contribution in [2.75, 3.05) is 7.11 Å². The van der Waals surface area contributed by atoms with Crippen molar-refractivity contribution < 1.29 is 19.1 Å². The molecule has 0 amide bonds. The largest absolute Gasteiger partial charge is 0.469 e. The molecular formula is C15H20O4. The highest BCUT2D eigenvalue weighted by Crippen LogP contribution is 2.63. The molecular weight excluding hydrogens is 244 g/mol. The lowest BCUT2D eigenvalue weighted by Gasteiger charge is -2.59. The minimum Gasteiger partial charge on any atom is -0.469 e. The predicted octanol–water partition coefficient (Wildman–Crippen LogP) is 2.23. The van der Waals surface area contributed by atoms with Gasteiger partial charge in [0.2, 0.25) is 0 Å². The van der Waals surface area contributed by atoms with Crippen molar-refractivity contribution in [2.24, 2.45) is 17.3 Å². The van der Waals surface area contributed by atoms with Gasteiger partial charge in [-0.15, -0.1) is 0 Å². The van der Waals surface area contributed by atoms with E-state index < -0.39 is 11.0 Å². The van der Waals surface area contributed by atoms with Crippen LogP contribution >= 0.6 is 0 Å². The summed E-state index contributed by atoms with van der Waals surface area (Å²) in [5.74, 6) is 0.471. The van der Waals surface area contributed by atoms with Gasteiger partial charge < -0.3 is 9.47 Å². The molecule has 4 nitrogen and oxygen atoms in total. The smallest absolute Gasteiger partial charge is 0.330 e. The Morgan fingerprint density at radius 1 is 1.21 bits per heavy atom. The number of carbonyl (C=O) groups is 2. The van der Waals surface area contributed by atoms with Crippen molar-refractivity contribution in [1.29, 1.82) is 0 Å². The number of hydrogen-bond donors (Lipinski definition) is 0. The summed E-state index contributed by atoms with van der Waals surface area (Å²) in [4.78, 5) is 23.8. The lowest BCUT2D eigenvalue weighted by molar-refractivity contribution is -0.208. The number of esters is 2. The van der Waals surface area contributed by atoms with Crippen LogP contribution in [0.5, 0.6) is 0 Å². The molecule has 104 valence electrons. The summed E-state index contributed by atoms with van der Waals surface area (Å²) in [6.45, 7) is 3.46. The Balaban J connectivity index is 1.90. The quantitative estimate of drug-likeness (QED) is 0.579. The van der Waals surface area contributed by atoms with Crippen LogP contribution in [0.15, 0.2) is 12.7 Å². The van der Waals surface area contributed by atoms with Crippen molar-refractivity contribution in [1.82, 2.24) is 0 Å². The van der Waals surface area contributed by atoms with E-state index in [0.29, 0.717) is 18.3 Å². The van der Waals surface area contributed by atoms with Gasteiger partial charge in [-0.1, -0.05) is 6.58 Å². The molecule has 0 aromatic carbocycles. The molecule has 4 aliphatic rings. The van der Waals surface area contributed by atoms with Crippen LogP contribution in [0.1, 0.15) is 38.5 Å². The highest BCUT2D eigenvalue weighted by Gasteiger charge is 2.62. The molecule has 4 fully saturated rings. The molecule has 4 bridgehead atoms. The van der Waals surface area contributed by atoms with Gasteiger partial charge in [0.25, 0.3) is 0 Å². The zero-order valence-corrected chi connectivity index (χ0v) is 11.3. The Morgan fingerprint density at radius 2 is 1.84 bits per heavy atom. The van der Waals surface area contributed by atoms with E-state index in [2.05, 4.69) is 6.58 Å². The first-order valence-corrected chi connectivity index (χ1v) is 6.95. The maximum Gasteiger partial charge on any atom is 0.330 e. The molecule has 2 atom stereocenters. The average molecular weight is 264 g/mol. The van der Waals surface area contributed by atoms with Crippen LogP contribution in [0.25, 0.3) is 0 Å². The van der Waals surface area contributed by atoms with Crippen LogP contribution in [0.2, 0.25) is 0 Å². The third kappa shape index (κ3) is 1.88. The van der Waals surface area contributed by atoms with Gasteiger partial charge in [-0.25, -0.2) is 4.79 Å². The van der Waals surface area contributed by atoms with Crippen molar-refractivity contribution in [3.63, 3.8) is 0 Å². The SMILES string of the molecule is C=CC(=O)OC12CC3CC(C1)CC(C(=O)OC)(C3)C2. The first-order valence-electron chi connectivity index (χ1n) is 6.95. The minimum atomic E-state index is -0.455. The number of ether oxygens (including phenoxy) is 2.